The first kappa shape index (κ1) is 14.7. The van der Waals surface area contributed by atoms with Gasteiger partial charge < -0.3 is 10.4 Å². The Labute approximate surface area is 130 Å². The minimum absolute atomic E-state index is 0.00785. The van der Waals surface area contributed by atoms with Gasteiger partial charge in [0.05, 0.1) is 12.6 Å². The molecule has 0 radical (unpaired) electrons. The molecule has 0 bridgehead atoms. The van der Waals surface area contributed by atoms with Crippen LogP contribution < -0.4 is 5.32 Å². The lowest BCUT2D eigenvalue weighted by Gasteiger charge is -2.16. The normalized spacial score (nSPS) is 21.2. The van der Waals surface area contributed by atoms with E-state index in [1.807, 2.05) is 37.3 Å². The Morgan fingerprint density at radius 1 is 1.32 bits per heavy atom. The van der Waals surface area contributed by atoms with Crippen molar-refractivity contribution in [2.75, 3.05) is 6.61 Å². The van der Waals surface area contributed by atoms with E-state index in [9.17, 15) is 9.90 Å². The number of pyridine rings is 1. The van der Waals surface area contributed by atoms with Crippen molar-refractivity contribution in [3.8, 4) is 0 Å². The van der Waals surface area contributed by atoms with Crippen molar-refractivity contribution in [1.82, 2.24) is 10.3 Å². The first-order valence-corrected chi connectivity index (χ1v) is 7.57. The van der Waals surface area contributed by atoms with Crippen LogP contribution in [0.5, 0.6) is 0 Å². The van der Waals surface area contributed by atoms with E-state index in [2.05, 4.69) is 22.4 Å². The molecular weight excluding hydrogens is 276 g/mol. The molecular formula is C18H20N2O2. The Morgan fingerprint density at radius 3 is 2.73 bits per heavy atom. The summed E-state index contributed by atoms with van der Waals surface area (Å²) in [5, 5.41) is 12.5. The fourth-order valence-corrected chi connectivity index (χ4v) is 2.75. The fraction of sp³-hybridized carbons (Fsp3) is 0.333. The SMILES string of the molecule is Cc1ccc(C(CO)NC(=O)C2CC2c2ccccc2)cn1. The summed E-state index contributed by atoms with van der Waals surface area (Å²) in [6, 6.07) is 13.5. The maximum atomic E-state index is 12.4. The Hall–Kier alpha value is -2.20. The van der Waals surface area contributed by atoms with Crippen LogP contribution in [-0.2, 0) is 4.79 Å². The second kappa shape index (κ2) is 6.28. The summed E-state index contributed by atoms with van der Waals surface area (Å²) in [5.41, 5.74) is 2.96. The van der Waals surface area contributed by atoms with E-state index in [1.54, 1.807) is 6.20 Å². The van der Waals surface area contributed by atoms with Gasteiger partial charge in [0.15, 0.2) is 0 Å². The van der Waals surface area contributed by atoms with Gasteiger partial charge in [-0.15, -0.1) is 0 Å². The topological polar surface area (TPSA) is 62.2 Å². The summed E-state index contributed by atoms with van der Waals surface area (Å²) in [6.07, 6.45) is 2.58. The molecule has 3 unspecified atom stereocenters. The predicted molar refractivity (Wildman–Crippen MR) is 84.2 cm³/mol. The van der Waals surface area contributed by atoms with Crippen molar-refractivity contribution in [1.29, 1.82) is 0 Å². The number of carbonyl (C=O) groups is 1. The maximum absolute atomic E-state index is 12.4. The molecule has 2 aromatic rings. The Bertz CT molecular complexity index is 640. The summed E-state index contributed by atoms with van der Waals surface area (Å²) in [7, 11) is 0. The van der Waals surface area contributed by atoms with Gasteiger partial charge in [0.25, 0.3) is 0 Å². The van der Waals surface area contributed by atoms with E-state index in [1.165, 1.54) is 5.56 Å². The Kier molecular flexibility index (Phi) is 4.20. The monoisotopic (exact) mass is 296 g/mol. The first-order valence-electron chi connectivity index (χ1n) is 7.57. The highest BCUT2D eigenvalue weighted by Gasteiger charge is 2.44. The maximum Gasteiger partial charge on any atom is 0.224 e. The highest BCUT2D eigenvalue weighted by Crippen LogP contribution is 2.47. The molecule has 2 N–H and O–H groups in total. The van der Waals surface area contributed by atoms with Gasteiger partial charge >= 0.3 is 0 Å². The van der Waals surface area contributed by atoms with Gasteiger partial charge in [0.1, 0.15) is 0 Å². The van der Waals surface area contributed by atoms with Crippen LogP contribution >= 0.6 is 0 Å². The van der Waals surface area contributed by atoms with Crippen LogP contribution in [0.15, 0.2) is 48.7 Å². The number of hydrogen-bond donors (Lipinski definition) is 2. The Morgan fingerprint density at radius 2 is 2.09 bits per heavy atom. The zero-order valence-corrected chi connectivity index (χ0v) is 12.6. The van der Waals surface area contributed by atoms with Gasteiger partial charge in [-0.2, -0.15) is 0 Å². The number of benzene rings is 1. The van der Waals surface area contributed by atoms with Crippen molar-refractivity contribution in [2.45, 2.75) is 25.3 Å². The highest BCUT2D eigenvalue weighted by atomic mass is 16.3. The van der Waals surface area contributed by atoms with Gasteiger partial charge in [0, 0.05) is 17.8 Å². The van der Waals surface area contributed by atoms with Gasteiger partial charge in [-0.3, -0.25) is 9.78 Å². The third-order valence-electron chi connectivity index (χ3n) is 4.19. The zero-order valence-electron chi connectivity index (χ0n) is 12.6. The molecule has 1 aliphatic rings. The highest BCUT2D eigenvalue weighted by molar-refractivity contribution is 5.83. The summed E-state index contributed by atoms with van der Waals surface area (Å²) < 4.78 is 0. The minimum atomic E-state index is -0.391. The lowest BCUT2D eigenvalue weighted by atomic mass is 10.1. The van der Waals surface area contributed by atoms with E-state index in [4.69, 9.17) is 0 Å². The predicted octanol–water partition coefficient (Wildman–Crippen LogP) is 2.34. The fourth-order valence-electron chi connectivity index (χ4n) is 2.75. The average Bonchev–Trinajstić information content (AvgIpc) is 3.35. The minimum Gasteiger partial charge on any atom is -0.394 e. The van der Waals surface area contributed by atoms with Crippen molar-refractivity contribution >= 4 is 5.91 Å². The molecule has 1 aliphatic carbocycles. The smallest absolute Gasteiger partial charge is 0.224 e. The number of amides is 1. The number of aromatic nitrogens is 1. The van der Waals surface area contributed by atoms with Crippen LogP contribution in [0, 0.1) is 12.8 Å². The van der Waals surface area contributed by atoms with Crippen LogP contribution in [0.3, 0.4) is 0 Å². The van der Waals surface area contributed by atoms with E-state index in [0.29, 0.717) is 5.92 Å². The van der Waals surface area contributed by atoms with Gasteiger partial charge in [-0.05, 0) is 36.5 Å². The second-order valence-electron chi connectivity index (χ2n) is 5.84. The van der Waals surface area contributed by atoms with Crippen molar-refractivity contribution in [3.05, 3.63) is 65.5 Å². The molecule has 3 rings (SSSR count). The summed E-state index contributed by atoms with van der Waals surface area (Å²) in [6.45, 7) is 1.78. The van der Waals surface area contributed by atoms with Crippen molar-refractivity contribution in [3.63, 3.8) is 0 Å². The van der Waals surface area contributed by atoms with Gasteiger partial charge in [-0.1, -0.05) is 36.4 Å². The summed E-state index contributed by atoms with van der Waals surface area (Å²) in [4.78, 5) is 16.6. The van der Waals surface area contributed by atoms with Crippen molar-refractivity contribution in [2.24, 2.45) is 5.92 Å². The second-order valence-corrected chi connectivity index (χ2v) is 5.84. The summed E-state index contributed by atoms with van der Waals surface area (Å²) >= 11 is 0. The standard InChI is InChI=1S/C18H20N2O2/c1-12-7-8-14(10-19-12)17(11-21)20-18(22)16-9-15(16)13-5-3-2-4-6-13/h2-8,10,15-17,21H,9,11H2,1H3,(H,20,22). The molecule has 4 heteroatoms. The molecule has 1 fully saturated rings. The number of nitrogens with one attached hydrogen (secondary N) is 1. The molecule has 0 spiro atoms. The lowest BCUT2D eigenvalue weighted by Crippen LogP contribution is -2.32. The van der Waals surface area contributed by atoms with E-state index >= 15 is 0 Å². The quantitative estimate of drug-likeness (QED) is 0.890. The summed E-state index contributed by atoms with van der Waals surface area (Å²) in [5.74, 6) is 0.319. The third-order valence-corrected chi connectivity index (χ3v) is 4.19. The van der Waals surface area contributed by atoms with Crippen LogP contribution in [0.1, 0.15) is 35.2 Å². The number of carbonyl (C=O) groups excluding carboxylic acids is 1. The van der Waals surface area contributed by atoms with Crippen LogP contribution in [0.2, 0.25) is 0 Å². The molecule has 22 heavy (non-hydrogen) atoms. The molecule has 1 heterocycles. The number of aryl methyl sites for hydroxylation is 1. The molecule has 1 amide bonds. The molecule has 0 aliphatic heterocycles. The molecule has 0 saturated heterocycles. The third kappa shape index (κ3) is 3.17. The Balaban J connectivity index is 1.63. The van der Waals surface area contributed by atoms with Gasteiger partial charge in [0.2, 0.25) is 5.91 Å². The average molecular weight is 296 g/mol. The molecule has 3 atom stereocenters. The van der Waals surface area contributed by atoms with Crippen molar-refractivity contribution < 1.29 is 9.90 Å². The van der Waals surface area contributed by atoms with Crippen LogP contribution in [0.4, 0.5) is 0 Å². The van der Waals surface area contributed by atoms with Crippen LogP contribution in [-0.4, -0.2) is 22.6 Å². The largest absolute Gasteiger partial charge is 0.394 e. The van der Waals surface area contributed by atoms with E-state index in [-0.39, 0.29) is 18.4 Å². The molecule has 114 valence electrons. The van der Waals surface area contributed by atoms with E-state index in [0.717, 1.165) is 17.7 Å². The van der Waals surface area contributed by atoms with Crippen LogP contribution in [0.25, 0.3) is 0 Å². The zero-order chi connectivity index (χ0) is 15.5. The number of hydrogen-bond acceptors (Lipinski definition) is 3. The van der Waals surface area contributed by atoms with Gasteiger partial charge in [-0.25, -0.2) is 0 Å². The first-order chi connectivity index (χ1) is 10.7. The number of aliphatic hydroxyl groups is 1. The lowest BCUT2D eigenvalue weighted by molar-refractivity contribution is -0.123. The molecule has 1 aromatic heterocycles. The number of aliphatic hydroxyl groups excluding tert-OH is 1. The molecule has 1 aromatic carbocycles. The molecule has 4 nitrogen and oxygen atoms in total. The number of rotatable bonds is 5. The van der Waals surface area contributed by atoms with E-state index < -0.39 is 6.04 Å². The number of nitrogens with zero attached hydrogens (tertiary/aromatic N) is 1. The molecule has 1 saturated carbocycles.